The number of carbonyl (C=O) groups excluding carboxylic acids is 1. The molecule has 6 nitrogen and oxygen atoms in total. The molecule has 1 N–H and O–H groups in total. The summed E-state index contributed by atoms with van der Waals surface area (Å²) in [5.74, 6) is 1.37. The van der Waals surface area contributed by atoms with Crippen molar-refractivity contribution < 1.29 is 19.0 Å². The van der Waals surface area contributed by atoms with E-state index in [2.05, 4.69) is 27.9 Å². The Labute approximate surface area is 171 Å². The van der Waals surface area contributed by atoms with Gasteiger partial charge in [0.2, 0.25) is 0 Å². The van der Waals surface area contributed by atoms with Gasteiger partial charge in [-0.2, -0.15) is 5.26 Å². The Balaban J connectivity index is 2.27. The van der Waals surface area contributed by atoms with Crippen LogP contribution in [-0.2, 0) is 4.79 Å². The van der Waals surface area contributed by atoms with E-state index in [0.29, 0.717) is 35.1 Å². The number of carbonyl (C=O) groups is 1. The first-order valence-corrected chi connectivity index (χ1v) is 9.17. The SMILES string of the molecule is CCOc1c(I)cc(/C=C(/C#N)C(=O)Nc2ccc(OC)cc2)cc1OC. The van der Waals surface area contributed by atoms with Crippen LogP contribution in [0.3, 0.4) is 0 Å². The van der Waals surface area contributed by atoms with Crippen LogP contribution in [0.25, 0.3) is 6.08 Å². The van der Waals surface area contributed by atoms with Crippen molar-refractivity contribution in [2.75, 3.05) is 26.1 Å². The molecule has 0 aliphatic heterocycles. The van der Waals surface area contributed by atoms with E-state index in [1.165, 1.54) is 6.08 Å². The van der Waals surface area contributed by atoms with Gasteiger partial charge in [0, 0.05) is 5.69 Å². The van der Waals surface area contributed by atoms with Crippen molar-refractivity contribution >= 4 is 40.3 Å². The van der Waals surface area contributed by atoms with E-state index >= 15 is 0 Å². The van der Waals surface area contributed by atoms with Crippen molar-refractivity contribution in [3.8, 4) is 23.3 Å². The van der Waals surface area contributed by atoms with E-state index in [4.69, 9.17) is 14.2 Å². The quantitative estimate of drug-likeness (QED) is 0.366. The minimum atomic E-state index is -0.495. The molecule has 140 valence electrons. The van der Waals surface area contributed by atoms with Crippen molar-refractivity contribution in [3.63, 3.8) is 0 Å². The summed E-state index contributed by atoms with van der Waals surface area (Å²) in [4.78, 5) is 12.4. The fourth-order valence-corrected chi connectivity index (χ4v) is 3.08. The molecule has 0 aliphatic rings. The number of hydrogen-bond acceptors (Lipinski definition) is 5. The zero-order valence-electron chi connectivity index (χ0n) is 15.2. The van der Waals surface area contributed by atoms with Crippen molar-refractivity contribution in [1.82, 2.24) is 0 Å². The molecule has 1 amide bonds. The lowest BCUT2D eigenvalue weighted by atomic mass is 10.1. The van der Waals surface area contributed by atoms with Gasteiger partial charge in [0.05, 0.1) is 24.4 Å². The molecule has 2 aromatic carbocycles. The average Bonchev–Trinajstić information content (AvgIpc) is 2.68. The van der Waals surface area contributed by atoms with Gasteiger partial charge in [-0.1, -0.05) is 0 Å². The summed E-state index contributed by atoms with van der Waals surface area (Å²) >= 11 is 2.13. The maximum Gasteiger partial charge on any atom is 0.266 e. The highest BCUT2D eigenvalue weighted by atomic mass is 127. The predicted molar refractivity (Wildman–Crippen MR) is 112 cm³/mol. The lowest BCUT2D eigenvalue weighted by molar-refractivity contribution is -0.112. The molecule has 0 fully saturated rings. The second-order valence-corrected chi connectivity index (χ2v) is 6.48. The van der Waals surface area contributed by atoms with Crippen molar-refractivity contribution in [2.24, 2.45) is 0 Å². The summed E-state index contributed by atoms with van der Waals surface area (Å²) in [5.41, 5.74) is 1.22. The number of nitrogens with one attached hydrogen (secondary N) is 1. The van der Waals surface area contributed by atoms with Crippen LogP contribution >= 0.6 is 22.6 Å². The highest BCUT2D eigenvalue weighted by Gasteiger charge is 2.13. The van der Waals surface area contributed by atoms with Crippen LogP contribution in [0, 0.1) is 14.9 Å². The van der Waals surface area contributed by atoms with Crippen LogP contribution in [0.5, 0.6) is 17.2 Å². The Morgan fingerprint density at radius 2 is 1.93 bits per heavy atom. The van der Waals surface area contributed by atoms with Gasteiger partial charge in [0.1, 0.15) is 17.4 Å². The first kappa shape index (κ1) is 20.6. The second kappa shape index (κ2) is 9.83. The van der Waals surface area contributed by atoms with Crippen LogP contribution in [-0.4, -0.2) is 26.7 Å². The first-order valence-electron chi connectivity index (χ1n) is 8.09. The number of hydrogen-bond donors (Lipinski definition) is 1. The number of halogens is 1. The Kier molecular flexibility index (Phi) is 7.49. The third-order valence-electron chi connectivity index (χ3n) is 3.56. The fourth-order valence-electron chi connectivity index (χ4n) is 2.30. The molecule has 0 atom stereocenters. The lowest BCUT2D eigenvalue weighted by Gasteiger charge is -2.12. The topological polar surface area (TPSA) is 80.6 Å². The van der Waals surface area contributed by atoms with E-state index in [9.17, 15) is 10.1 Å². The van der Waals surface area contributed by atoms with Crippen LogP contribution < -0.4 is 19.5 Å². The summed E-state index contributed by atoms with van der Waals surface area (Å²) in [7, 11) is 3.11. The summed E-state index contributed by atoms with van der Waals surface area (Å²) in [6.45, 7) is 2.40. The number of methoxy groups -OCH3 is 2. The standard InChI is InChI=1S/C20H19IN2O4/c1-4-27-19-17(21)10-13(11-18(19)26-3)9-14(12-22)20(24)23-15-5-7-16(25-2)8-6-15/h5-11H,4H2,1-3H3,(H,23,24)/b14-9-. The monoisotopic (exact) mass is 478 g/mol. The summed E-state index contributed by atoms with van der Waals surface area (Å²) < 4.78 is 16.9. The molecule has 0 aliphatic carbocycles. The van der Waals surface area contributed by atoms with Gasteiger partial charge in [-0.05, 0) is 77.6 Å². The van der Waals surface area contributed by atoms with E-state index in [-0.39, 0.29) is 5.57 Å². The molecule has 27 heavy (non-hydrogen) atoms. The largest absolute Gasteiger partial charge is 0.497 e. The maximum atomic E-state index is 12.4. The molecular formula is C20H19IN2O4. The number of benzene rings is 2. The third-order valence-corrected chi connectivity index (χ3v) is 4.37. The van der Waals surface area contributed by atoms with E-state index in [1.807, 2.05) is 19.1 Å². The molecule has 0 saturated carbocycles. The predicted octanol–water partition coefficient (Wildman–Crippen LogP) is 4.25. The number of nitrogens with zero attached hydrogens (tertiary/aromatic N) is 1. The second-order valence-electron chi connectivity index (χ2n) is 5.32. The fraction of sp³-hybridized carbons (Fsp3) is 0.200. The Morgan fingerprint density at radius 3 is 2.48 bits per heavy atom. The summed E-state index contributed by atoms with van der Waals surface area (Å²) in [6.07, 6.45) is 1.51. The molecular weight excluding hydrogens is 459 g/mol. The average molecular weight is 478 g/mol. The molecule has 0 heterocycles. The van der Waals surface area contributed by atoms with Crippen molar-refractivity contribution in [3.05, 3.63) is 51.1 Å². The maximum absolute atomic E-state index is 12.4. The van der Waals surface area contributed by atoms with Gasteiger partial charge in [0.15, 0.2) is 11.5 Å². The van der Waals surface area contributed by atoms with Crippen LogP contribution in [0.4, 0.5) is 5.69 Å². The lowest BCUT2D eigenvalue weighted by Crippen LogP contribution is -2.13. The van der Waals surface area contributed by atoms with E-state index < -0.39 is 5.91 Å². The number of anilines is 1. The number of ether oxygens (including phenoxy) is 3. The number of nitriles is 1. The molecule has 0 radical (unpaired) electrons. The highest BCUT2D eigenvalue weighted by molar-refractivity contribution is 14.1. The highest BCUT2D eigenvalue weighted by Crippen LogP contribution is 2.34. The zero-order valence-corrected chi connectivity index (χ0v) is 17.4. The van der Waals surface area contributed by atoms with Crippen LogP contribution in [0.15, 0.2) is 42.0 Å². The Bertz CT molecular complexity index is 886. The zero-order chi connectivity index (χ0) is 19.8. The molecule has 0 spiro atoms. The first-order chi connectivity index (χ1) is 13.0. The van der Waals surface area contributed by atoms with Gasteiger partial charge in [-0.3, -0.25) is 4.79 Å². The molecule has 2 rings (SSSR count). The Morgan fingerprint density at radius 1 is 1.22 bits per heavy atom. The van der Waals surface area contributed by atoms with Gasteiger partial charge in [-0.15, -0.1) is 0 Å². The van der Waals surface area contributed by atoms with Gasteiger partial charge >= 0.3 is 0 Å². The van der Waals surface area contributed by atoms with Gasteiger partial charge in [0.25, 0.3) is 5.91 Å². The summed E-state index contributed by atoms with van der Waals surface area (Å²) in [5, 5.41) is 12.1. The molecule has 2 aromatic rings. The summed E-state index contributed by atoms with van der Waals surface area (Å²) in [6, 6.07) is 12.4. The van der Waals surface area contributed by atoms with Crippen molar-refractivity contribution in [2.45, 2.75) is 6.92 Å². The Hall–Kier alpha value is -2.73. The molecule has 0 aromatic heterocycles. The third kappa shape index (κ3) is 5.37. The molecule has 7 heteroatoms. The smallest absolute Gasteiger partial charge is 0.266 e. The van der Waals surface area contributed by atoms with E-state index in [1.54, 1.807) is 44.6 Å². The van der Waals surface area contributed by atoms with Gasteiger partial charge in [-0.25, -0.2) is 0 Å². The molecule has 0 saturated heterocycles. The van der Waals surface area contributed by atoms with Crippen LogP contribution in [0.1, 0.15) is 12.5 Å². The molecule has 0 bridgehead atoms. The normalized spacial score (nSPS) is 10.7. The molecule has 0 unspecified atom stereocenters. The van der Waals surface area contributed by atoms with Crippen LogP contribution in [0.2, 0.25) is 0 Å². The minimum absolute atomic E-state index is 0.0205. The minimum Gasteiger partial charge on any atom is -0.497 e. The number of rotatable bonds is 7. The number of amides is 1. The van der Waals surface area contributed by atoms with Gasteiger partial charge < -0.3 is 19.5 Å². The van der Waals surface area contributed by atoms with E-state index in [0.717, 1.165) is 3.57 Å². The van der Waals surface area contributed by atoms with Crippen molar-refractivity contribution in [1.29, 1.82) is 5.26 Å².